The Labute approximate surface area is 81.4 Å². The molecule has 0 bridgehead atoms. The molecule has 0 aliphatic carbocycles. The van der Waals surface area contributed by atoms with Crippen LogP contribution in [0.15, 0.2) is 24.5 Å². The van der Waals surface area contributed by atoms with Crippen LogP contribution in [0, 0.1) is 6.92 Å². The van der Waals surface area contributed by atoms with E-state index < -0.39 is 0 Å². The number of nitrogens with zero attached hydrogens (tertiary/aromatic N) is 1. The van der Waals surface area contributed by atoms with Gasteiger partial charge in [-0.15, -0.1) is 0 Å². The number of anilines is 1. The maximum absolute atomic E-state index is 9.65. The first-order chi connectivity index (χ1) is 6.68. The van der Waals surface area contributed by atoms with Crippen molar-refractivity contribution in [3.8, 4) is 17.0 Å². The molecule has 2 aromatic rings. The quantitative estimate of drug-likeness (QED) is 0.597. The normalized spacial score (nSPS) is 10.4. The second-order valence-electron chi connectivity index (χ2n) is 3.15. The molecule has 0 atom stereocenters. The Morgan fingerprint density at radius 1 is 1.43 bits per heavy atom. The van der Waals surface area contributed by atoms with Gasteiger partial charge in [0, 0.05) is 23.0 Å². The highest BCUT2D eigenvalue weighted by atomic mass is 16.3. The number of nitrogens with one attached hydrogen (secondary N) is 1. The molecule has 4 heteroatoms. The molecule has 1 heterocycles. The van der Waals surface area contributed by atoms with Crippen LogP contribution in [0.25, 0.3) is 11.3 Å². The van der Waals surface area contributed by atoms with E-state index in [9.17, 15) is 5.11 Å². The van der Waals surface area contributed by atoms with Gasteiger partial charge >= 0.3 is 0 Å². The minimum atomic E-state index is 0.153. The molecule has 2 rings (SSSR count). The average Bonchev–Trinajstić information content (AvgIpc) is 2.52. The van der Waals surface area contributed by atoms with Gasteiger partial charge in [-0.1, -0.05) is 0 Å². The summed E-state index contributed by atoms with van der Waals surface area (Å²) in [6.45, 7) is 1.90. The molecule has 0 aliphatic heterocycles. The zero-order valence-electron chi connectivity index (χ0n) is 7.78. The van der Waals surface area contributed by atoms with Gasteiger partial charge in [0.15, 0.2) is 0 Å². The number of phenols is 1. The Balaban J connectivity index is 2.58. The molecule has 0 radical (unpaired) electrons. The topological polar surface area (TPSA) is 74.9 Å². The second kappa shape index (κ2) is 3.06. The number of rotatable bonds is 1. The van der Waals surface area contributed by atoms with Crippen LogP contribution in [0.5, 0.6) is 5.75 Å². The number of hydrogen-bond donors (Lipinski definition) is 3. The Morgan fingerprint density at radius 3 is 2.79 bits per heavy atom. The number of aromatic hydroxyl groups is 1. The standard InChI is InChI=1S/C10H11N3O/c1-6-10(13-5-12-6)8-3-2-7(11)4-9(8)14/h2-5,14H,11H2,1H3,(H,12,13). The summed E-state index contributed by atoms with van der Waals surface area (Å²) in [7, 11) is 0. The van der Waals surface area contributed by atoms with E-state index in [0.29, 0.717) is 11.3 Å². The van der Waals surface area contributed by atoms with E-state index >= 15 is 0 Å². The Kier molecular flexibility index (Phi) is 1.89. The summed E-state index contributed by atoms with van der Waals surface area (Å²) in [5.74, 6) is 0.153. The molecule has 0 saturated heterocycles. The van der Waals surface area contributed by atoms with Gasteiger partial charge in [0.05, 0.1) is 12.0 Å². The molecule has 1 aromatic carbocycles. The fraction of sp³-hybridized carbons (Fsp3) is 0.100. The molecule has 72 valence electrons. The van der Waals surface area contributed by atoms with Crippen molar-refractivity contribution in [3.63, 3.8) is 0 Å². The Morgan fingerprint density at radius 2 is 2.21 bits per heavy atom. The Hall–Kier alpha value is -1.97. The summed E-state index contributed by atoms with van der Waals surface area (Å²) >= 11 is 0. The number of nitrogens with two attached hydrogens (primary N) is 1. The number of phenolic OH excluding ortho intramolecular Hbond substituents is 1. The van der Waals surface area contributed by atoms with E-state index in [-0.39, 0.29) is 5.75 Å². The highest BCUT2D eigenvalue weighted by Gasteiger charge is 2.08. The summed E-state index contributed by atoms with van der Waals surface area (Å²) in [5.41, 5.74) is 8.44. The second-order valence-corrected chi connectivity index (χ2v) is 3.15. The third-order valence-electron chi connectivity index (χ3n) is 2.11. The molecular formula is C10H11N3O. The minimum Gasteiger partial charge on any atom is -0.507 e. The van der Waals surface area contributed by atoms with Crippen molar-refractivity contribution >= 4 is 5.69 Å². The largest absolute Gasteiger partial charge is 0.507 e. The van der Waals surface area contributed by atoms with Gasteiger partial charge in [0.1, 0.15) is 5.75 Å². The van der Waals surface area contributed by atoms with E-state index in [1.54, 1.807) is 18.5 Å². The van der Waals surface area contributed by atoms with Gasteiger partial charge in [-0.2, -0.15) is 0 Å². The molecule has 0 amide bonds. The SMILES string of the molecule is Cc1[nH]cnc1-c1ccc(N)cc1O. The van der Waals surface area contributed by atoms with E-state index in [4.69, 9.17) is 5.73 Å². The molecule has 14 heavy (non-hydrogen) atoms. The predicted octanol–water partition coefficient (Wildman–Crippen LogP) is 1.67. The monoisotopic (exact) mass is 189 g/mol. The lowest BCUT2D eigenvalue weighted by molar-refractivity contribution is 0.477. The number of aryl methyl sites for hydroxylation is 1. The van der Waals surface area contributed by atoms with Gasteiger partial charge in [-0.25, -0.2) is 4.98 Å². The van der Waals surface area contributed by atoms with Crippen molar-refractivity contribution in [2.45, 2.75) is 6.92 Å². The third kappa shape index (κ3) is 1.31. The number of hydrogen-bond acceptors (Lipinski definition) is 3. The third-order valence-corrected chi connectivity index (χ3v) is 2.11. The van der Waals surface area contributed by atoms with E-state index in [1.165, 1.54) is 6.07 Å². The van der Waals surface area contributed by atoms with E-state index in [2.05, 4.69) is 9.97 Å². The summed E-state index contributed by atoms with van der Waals surface area (Å²) in [6.07, 6.45) is 1.60. The maximum atomic E-state index is 9.65. The number of H-pyrrole nitrogens is 1. The number of imidazole rings is 1. The summed E-state index contributed by atoms with van der Waals surface area (Å²) in [6, 6.07) is 5.01. The fourth-order valence-corrected chi connectivity index (χ4v) is 1.38. The fourth-order valence-electron chi connectivity index (χ4n) is 1.38. The van der Waals surface area contributed by atoms with Crippen LogP contribution in [-0.4, -0.2) is 15.1 Å². The van der Waals surface area contributed by atoms with Gasteiger partial charge < -0.3 is 15.8 Å². The first kappa shape index (κ1) is 8.62. The van der Waals surface area contributed by atoms with Crippen LogP contribution in [-0.2, 0) is 0 Å². The van der Waals surface area contributed by atoms with Crippen LogP contribution < -0.4 is 5.73 Å². The van der Waals surface area contributed by atoms with Crippen molar-refractivity contribution < 1.29 is 5.11 Å². The van der Waals surface area contributed by atoms with Crippen LogP contribution in [0.1, 0.15) is 5.69 Å². The molecular weight excluding hydrogens is 178 g/mol. The zero-order valence-corrected chi connectivity index (χ0v) is 7.78. The molecule has 0 fully saturated rings. The number of benzene rings is 1. The van der Waals surface area contributed by atoms with Gasteiger partial charge in [-0.3, -0.25) is 0 Å². The maximum Gasteiger partial charge on any atom is 0.127 e. The molecule has 1 aromatic heterocycles. The molecule has 4 N–H and O–H groups in total. The number of aromatic nitrogens is 2. The molecule has 0 saturated carbocycles. The van der Waals surface area contributed by atoms with Gasteiger partial charge in [0.2, 0.25) is 0 Å². The molecule has 0 unspecified atom stereocenters. The molecule has 4 nitrogen and oxygen atoms in total. The highest BCUT2D eigenvalue weighted by Crippen LogP contribution is 2.30. The van der Waals surface area contributed by atoms with Crippen molar-refractivity contribution in [2.24, 2.45) is 0 Å². The van der Waals surface area contributed by atoms with Gasteiger partial charge in [-0.05, 0) is 19.1 Å². The molecule has 0 spiro atoms. The molecule has 0 aliphatic rings. The lowest BCUT2D eigenvalue weighted by Crippen LogP contribution is -1.87. The van der Waals surface area contributed by atoms with Gasteiger partial charge in [0.25, 0.3) is 0 Å². The average molecular weight is 189 g/mol. The van der Waals surface area contributed by atoms with E-state index in [0.717, 1.165) is 11.4 Å². The van der Waals surface area contributed by atoms with Crippen LogP contribution >= 0.6 is 0 Å². The highest BCUT2D eigenvalue weighted by molar-refractivity contribution is 5.71. The number of aromatic amines is 1. The zero-order chi connectivity index (χ0) is 10.1. The van der Waals surface area contributed by atoms with Crippen molar-refractivity contribution in [2.75, 3.05) is 5.73 Å². The van der Waals surface area contributed by atoms with Crippen LogP contribution in [0.4, 0.5) is 5.69 Å². The van der Waals surface area contributed by atoms with Crippen molar-refractivity contribution in [1.29, 1.82) is 0 Å². The Bertz CT molecular complexity index is 462. The lowest BCUT2D eigenvalue weighted by atomic mass is 10.1. The van der Waals surface area contributed by atoms with Crippen molar-refractivity contribution in [3.05, 3.63) is 30.2 Å². The smallest absolute Gasteiger partial charge is 0.127 e. The number of nitrogen functional groups attached to an aromatic ring is 1. The first-order valence-electron chi connectivity index (χ1n) is 4.27. The minimum absolute atomic E-state index is 0.153. The van der Waals surface area contributed by atoms with Crippen LogP contribution in [0.3, 0.4) is 0 Å². The first-order valence-corrected chi connectivity index (χ1v) is 4.27. The summed E-state index contributed by atoms with van der Waals surface area (Å²) in [4.78, 5) is 7.08. The van der Waals surface area contributed by atoms with Crippen LogP contribution in [0.2, 0.25) is 0 Å². The summed E-state index contributed by atoms with van der Waals surface area (Å²) in [5, 5.41) is 9.65. The summed E-state index contributed by atoms with van der Waals surface area (Å²) < 4.78 is 0. The lowest BCUT2D eigenvalue weighted by Gasteiger charge is -2.03. The van der Waals surface area contributed by atoms with Crippen molar-refractivity contribution in [1.82, 2.24) is 9.97 Å². The van der Waals surface area contributed by atoms with E-state index in [1.807, 2.05) is 6.92 Å². The predicted molar refractivity (Wildman–Crippen MR) is 54.8 cm³/mol.